The molecular weight excluding hydrogens is 250 g/mol. The van der Waals surface area contributed by atoms with Gasteiger partial charge in [0.25, 0.3) is 0 Å². The third-order valence-corrected chi connectivity index (χ3v) is 4.27. The van der Waals surface area contributed by atoms with E-state index in [0.29, 0.717) is 11.5 Å². The summed E-state index contributed by atoms with van der Waals surface area (Å²) < 4.78 is 25.3. The van der Waals surface area contributed by atoms with Gasteiger partial charge in [0.15, 0.2) is 9.84 Å². The Morgan fingerprint density at radius 2 is 2.11 bits per heavy atom. The van der Waals surface area contributed by atoms with Gasteiger partial charge in [-0.25, -0.2) is 13.4 Å². The van der Waals surface area contributed by atoms with Crippen LogP contribution in [0.4, 0.5) is 5.95 Å². The Morgan fingerprint density at radius 3 is 2.67 bits per heavy atom. The molecule has 1 atom stereocenters. The van der Waals surface area contributed by atoms with Gasteiger partial charge in [-0.2, -0.15) is 0 Å². The summed E-state index contributed by atoms with van der Waals surface area (Å²) in [6.45, 7) is 4.08. The van der Waals surface area contributed by atoms with E-state index in [4.69, 9.17) is 5.73 Å². The molecule has 0 aliphatic heterocycles. The molecular formula is C12H17N3O2S. The van der Waals surface area contributed by atoms with Gasteiger partial charge >= 0.3 is 0 Å². The topological polar surface area (TPSA) is 78.0 Å². The van der Waals surface area contributed by atoms with Crippen molar-refractivity contribution in [3.63, 3.8) is 0 Å². The molecule has 0 aliphatic rings. The lowest BCUT2D eigenvalue weighted by Crippen LogP contribution is -2.07. The first-order valence-corrected chi connectivity index (χ1v) is 7.72. The van der Waals surface area contributed by atoms with Gasteiger partial charge in [0.1, 0.15) is 5.52 Å². The first-order chi connectivity index (χ1) is 8.36. The van der Waals surface area contributed by atoms with Crippen molar-refractivity contribution >= 4 is 26.8 Å². The number of imidazole rings is 1. The van der Waals surface area contributed by atoms with Gasteiger partial charge in [-0.05, 0) is 25.5 Å². The van der Waals surface area contributed by atoms with Crippen LogP contribution < -0.4 is 5.73 Å². The Balaban J connectivity index is 2.83. The fraction of sp³-hybridized carbons (Fsp3) is 0.417. The predicted octanol–water partition coefficient (Wildman–Crippen LogP) is 1.99. The van der Waals surface area contributed by atoms with Gasteiger partial charge in [0, 0.05) is 12.3 Å². The Morgan fingerprint density at radius 1 is 1.44 bits per heavy atom. The zero-order chi connectivity index (χ0) is 13.5. The quantitative estimate of drug-likeness (QED) is 0.922. The molecule has 2 aromatic rings. The molecule has 1 aromatic carbocycles. The molecule has 0 fully saturated rings. The van der Waals surface area contributed by atoms with Gasteiger partial charge in [0.2, 0.25) is 5.95 Å². The number of benzene rings is 1. The molecule has 0 amide bonds. The summed E-state index contributed by atoms with van der Waals surface area (Å²) in [5.74, 6) is 0.357. The number of para-hydroxylation sites is 1. The molecule has 18 heavy (non-hydrogen) atoms. The normalized spacial score (nSPS) is 13.9. The molecule has 2 rings (SSSR count). The minimum atomic E-state index is -3.30. The molecule has 0 aliphatic carbocycles. The molecule has 2 N–H and O–H groups in total. The molecule has 1 aromatic heterocycles. The van der Waals surface area contributed by atoms with Gasteiger partial charge in [-0.1, -0.05) is 13.0 Å². The average Bonchev–Trinajstić information content (AvgIpc) is 2.62. The number of hydrogen-bond acceptors (Lipinski definition) is 4. The number of nitrogens with two attached hydrogens (primary N) is 1. The van der Waals surface area contributed by atoms with E-state index in [9.17, 15) is 8.42 Å². The number of nitrogens with zero attached hydrogens (tertiary/aromatic N) is 2. The van der Waals surface area contributed by atoms with E-state index in [1.165, 1.54) is 6.26 Å². The van der Waals surface area contributed by atoms with Crippen molar-refractivity contribution in [3.05, 3.63) is 18.2 Å². The first kappa shape index (κ1) is 12.9. The average molecular weight is 267 g/mol. The van der Waals surface area contributed by atoms with E-state index < -0.39 is 9.84 Å². The molecule has 0 radical (unpaired) electrons. The summed E-state index contributed by atoms with van der Waals surface area (Å²) in [6.07, 6.45) is 2.08. The number of fused-ring (bicyclic) bond motifs is 1. The maximum atomic E-state index is 11.7. The van der Waals surface area contributed by atoms with E-state index >= 15 is 0 Å². The first-order valence-electron chi connectivity index (χ1n) is 5.82. The van der Waals surface area contributed by atoms with Crippen molar-refractivity contribution in [1.29, 1.82) is 0 Å². The highest BCUT2D eigenvalue weighted by Gasteiger charge is 2.19. The van der Waals surface area contributed by atoms with Crippen LogP contribution >= 0.6 is 0 Å². The second-order valence-corrected chi connectivity index (χ2v) is 6.48. The van der Waals surface area contributed by atoms with Crippen LogP contribution in [-0.2, 0) is 9.84 Å². The summed E-state index contributed by atoms with van der Waals surface area (Å²) in [5.41, 5.74) is 7.12. The highest BCUT2D eigenvalue weighted by molar-refractivity contribution is 7.91. The molecule has 1 unspecified atom stereocenters. The molecule has 1 heterocycles. The van der Waals surface area contributed by atoms with Gasteiger partial charge in [0.05, 0.1) is 10.4 Å². The third-order valence-electron chi connectivity index (χ3n) is 3.14. The van der Waals surface area contributed by atoms with E-state index in [-0.39, 0.29) is 10.9 Å². The molecule has 0 saturated heterocycles. The van der Waals surface area contributed by atoms with Crippen LogP contribution in [0.1, 0.15) is 26.3 Å². The van der Waals surface area contributed by atoms with Crippen LogP contribution in [0.5, 0.6) is 0 Å². The molecule has 0 saturated carbocycles. The number of aromatic nitrogens is 2. The lowest BCUT2D eigenvalue weighted by atomic mass is 10.2. The third kappa shape index (κ3) is 1.96. The minimum Gasteiger partial charge on any atom is -0.369 e. The predicted molar refractivity (Wildman–Crippen MR) is 72.3 cm³/mol. The van der Waals surface area contributed by atoms with Gasteiger partial charge < -0.3 is 10.3 Å². The van der Waals surface area contributed by atoms with Crippen LogP contribution in [0.25, 0.3) is 11.0 Å². The Kier molecular flexibility index (Phi) is 3.06. The highest BCUT2D eigenvalue weighted by atomic mass is 32.2. The number of anilines is 1. The standard InChI is InChI=1S/C12H17N3O2S/c1-4-8(2)15-9-6-5-7-10(18(3,16)17)11(9)14-12(15)13/h5-8H,4H2,1-3H3,(H2,13,14). The van der Waals surface area contributed by atoms with E-state index in [2.05, 4.69) is 11.9 Å². The zero-order valence-corrected chi connectivity index (χ0v) is 11.5. The lowest BCUT2D eigenvalue weighted by Gasteiger charge is -2.13. The monoisotopic (exact) mass is 267 g/mol. The summed E-state index contributed by atoms with van der Waals surface area (Å²) in [6, 6.07) is 5.31. The zero-order valence-electron chi connectivity index (χ0n) is 10.7. The van der Waals surface area contributed by atoms with Crippen molar-refractivity contribution in [2.75, 3.05) is 12.0 Å². The van der Waals surface area contributed by atoms with E-state index in [1.54, 1.807) is 12.1 Å². The second-order valence-electron chi connectivity index (χ2n) is 4.49. The van der Waals surface area contributed by atoms with Crippen LogP contribution in [0.15, 0.2) is 23.1 Å². The second kappa shape index (κ2) is 4.28. The Labute approximate surface area is 107 Å². The molecule has 5 nitrogen and oxygen atoms in total. The highest BCUT2D eigenvalue weighted by Crippen LogP contribution is 2.28. The number of rotatable bonds is 3. The van der Waals surface area contributed by atoms with Crippen molar-refractivity contribution in [3.8, 4) is 0 Å². The summed E-state index contributed by atoms with van der Waals surface area (Å²) in [7, 11) is -3.30. The maximum Gasteiger partial charge on any atom is 0.201 e. The summed E-state index contributed by atoms with van der Waals surface area (Å²) in [5, 5.41) is 0. The Hall–Kier alpha value is -1.56. The smallest absolute Gasteiger partial charge is 0.201 e. The SMILES string of the molecule is CCC(C)n1c(N)nc2c(S(C)(=O)=O)cccc21. The van der Waals surface area contributed by atoms with Gasteiger partial charge in [-0.3, -0.25) is 0 Å². The van der Waals surface area contributed by atoms with Gasteiger partial charge in [-0.15, -0.1) is 0 Å². The fourth-order valence-electron chi connectivity index (χ4n) is 2.05. The van der Waals surface area contributed by atoms with E-state index in [1.807, 2.05) is 17.6 Å². The summed E-state index contributed by atoms with van der Waals surface area (Å²) in [4.78, 5) is 4.44. The number of hydrogen-bond donors (Lipinski definition) is 1. The van der Waals surface area contributed by atoms with Crippen LogP contribution in [0, 0.1) is 0 Å². The maximum absolute atomic E-state index is 11.7. The van der Waals surface area contributed by atoms with Crippen molar-refractivity contribution < 1.29 is 8.42 Å². The Bertz CT molecular complexity index is 689. The molecule has 98 valence electrons. The fourth-order valence-corrected chi connectivity index (χ4v) is 2.88. The number of sulfone groups is 1. The summed E-state index contributed by atoms with van der Waals surface area (Å²) >= 11 is 0. The molecule has 0 spiro atoms. The lowest BCUT2D eigenvalue weighted by molar-refractivity contribution is 0.551. The van der Waals surface area contributed by atoms with Crippen molar-refractivity contribution in [1.82, 2.24) is 9.55 Å². The van der Waals surface area contributed by atoms with Crippen molar-refractivity contribution in [2.45, 2.75) is 31.2 Å². The van der Waals surface area contributed by atoms with Crippen LogP contribution in [0.2, 0.25) is 0 Å². The molecule has 6 heteroatoms. The van der Waals surface area contributed by atoms with Crippen LogP contribution in [0.3, 0.4) is 0 Å². The van der Waals surface area contributed by atoms with Crippen molar-refractivity contribution in [2.24, 2.45) is 0 Å². The largest absolute Gasteiger partial charge is 0.369 e. The van der Waals surface area contributed by atoms with E-state index in [0.717, 1.165) is 11.9 Å². The molecule has 0 bridgehead atoms. The minimum absolute atomic E-state index is 0.185. The van der Waals surface area contributed by atoms with Crippen LogP contribution in [-0.4, -0.2) is 24.2 Å². The number of nitrogen functional groups attached to an aromatic ring is 1.